The van der Waals surface area contributed by atoms with Crippen LogP contribution in [-0.2, 0) is 34.0 Å². The molecule has 4 rings (SSSR count). The maximum atomic E-state index is 12.0. The fourth-order valence-corrected chi connectivity index (χ4v) is 4.34. The number of esters is 2. The van der Waals surface area contributed by atoms with Gasteiger partial charge in [-0.1, -0.05) is 48.5 Å². The van der Waals surface area contributed by atoms with E-state index in [1.54, 1.807) is 0 Å². The van der Waals surface area contributed by atoms with E-state index in [0.29, 0.717) is 13.2 Å². The Hall–Kier alpha value is -2.70. The topological polar surface area (TPSA) is 71.1 Å². The minimum atomic E-state index is -1.21. The normalized spacial score (nSPS) is 18.0. The van der Waals surface area contributed by atoms with E-state index in [4.69, 9.17) is 18.9 Å². The summed E-state index contributed by atoms with van der Waals surface area (Å²) in [6.07, 6.45) is 0.224. The van der Waals surface area contributed by atoms with Crippen LogP contribution in [-0.4, -0.2) is 45.2 Å². The molecule has 1 aliphatic carbocycles. The van der Waals surface area contributed by atoms with Crippen LogP contribution in [0.1, 0.15) is 30.4 Å². The van der Waals surface area contributed by atoms with E-state index in [1.165, 1.54) is 25.3 Å². The molecule has 0 unspecified atom stereocenters. The van der Waals surface area contributed by atoms with Gasteiger partial charge in [-0.3, -0.25) is 9.59 Å². The Balaban J connectivity index is 1.65. The van der Waals surface area contributed by atoms with Crippen LogP contribution in [0.4, 0.5) is 0 Å². The molecule has 1 saturated heterocycles. The van der Waals surface area contributed by atoms with Crippen molar-refractivity contribution in [3.05, 3.63) is 59.7 Å². The summed E-state index contributed by atoms with van der Waals surface area (Å²) in [5, 5.41) is 0. The Morgan fingerprint density at radius 2 is 1.38 bits per heavy atom. The number of hydrogen-bond donors (Lipinski definition) is 0. The number of benzene rings is 2. The minimum absolute atomic E-state index is 0.0835. The van der Waals surface area contributed by atoms with Crippen LogP contribution < -0.4 is 0 Å². The second-order valence-electron chi connectivity index (χ2n) is 7.49. The lowest BCUT2D eigenvalue weighted by Gasteiger charge is -2.45. The number of carbonyl (C=O) groups is 2. The summed E-state index contributed by atoms with van der Waals surface area (Å²) in [5.74, 6) is -2.03. The van der Waals surface area contributed by atoms with Crippen molar-refractivity contribution in [1.29, 1.82) is 0 Å². The van der Waals surface area contributed by atoms with Gasteiger partial charge in [0.05, 0.1) is 45.7 Å². The highest BCUT2D eigenvalue weighted by atomic mass is 16.7. The van der Waals surface area contributed by atoms with Gasteiger partial charge in [0.25, 0.3) is 0 Å². The first-order valence-corrected chi connectivity index (χ1v) is 9.64. The Kier molecular flexibility index (Phi) is 5.15. The number of hydrogen-bond acceptors (Lipinski definition) is 6. The molecule has 6 heteroatoms. The lowest BCUT2D eigenvalue weighted by atomic mass is 9.78. The molecule has 2 aromatic carbocycles. The van der Waals surface area contributed by atoms with Gasteiger partial charge in [0.2, 0.25) is 0 Å². The van der Waals surface area contributed by atoms with Gasteiger partial charge in [-0.15, -0.1) is 0 Å². The van der Waals surface area contributed by atoms with E-state index in [9.17, 15) is 9.59 Å². The summed E-state index contributed by atoms with van der Waals surface area (Å²) in [6, 6.07) is 16.5. The molecule has 0 N–H and O–H groups in total. The SMILES string of the molecule is COC(=O)CCC1(CC(=O)OC)OCC2(CO1)c1ccccc1-c1ccccc12. The third kappa shape index (κ3) is 3.32. The van der Waals surface area contributed by atoms with Gasteiger partial charge >= 0.3 is 11.9 Å². The largest absolute Gasteiger partial charge is 0.469 e. The maximum Gasteiger partial charge on any atom is 0.310 e. The summed E-state index contributed by atoms with van der Waals surface area (Å²) < 4.78 is 22.1. The van der Waals surface area contributed by atoms with Crippen molar-refractivity contribution in [3.8, 4) is 11.1 Å². The molecule has 0 aromatic heterocycles. The minimum Gasteiger partial charge on any atom is -0.469 e. The van der Waals surface area contributed by atoms with Gasteiger partial charge in [0, 0.05) is 6.42 Å². The van der Waals surface area contributed by atoms with Crippen LogP contribution in [0.3, 0.4) is 0 Å². The van der Waals surface area contributed by atoms with Gasteiger partial charge in [-0.25, -0.2) is 0 Å². The predicted molar refractivity (Wildman–Crippen MR) is 105 cm³/mol. The summed E-state index contributed by atoms with van der Waals surface area (Å²) in [5.41, 5.74) is 4.20. The Morgan fingerprint density at radius 1 is 0.862 bits per heavy atom. The molecule has 0 atom stereocenters. The van der Waals surface area contributed by atoms with Crippen molar-refractivity contribution in [2.75, 3.05) is 27.4 Å². The summed E-state index contributed by atoms with van der Waals surface area (Å²) in [6.45, 7) is 0.693. The number of methoxy groups -OCH3 is 2. The maximum absolute atomic E-state index is 12.0. The van der Waals surface area contributed by atoms with Crippen molar-refractivity contribution in [3.63, 3.8) is 0 Å². The first kappa shape index (κ1) is 19.6. The standard InChI is InChI=1S/C23H24O6/c1-26-20(24)11-12-23(13-21(25)27-2)28-14-22(15-29-23)18-9-5-3-7-16(18)17-8-4-6-10-19(17)22/h3-10H,11-15H2,1-2H3. The monoisotopic (exact) mass is 396 g/mol. The van der Waals surface area contributed by atoms with Crippen LogP contribution in [0, 0.1) is 0 Å². The smallest absolute Gasteiger partial charge is 0.310 e. The van der Waals surface area contributed by atoms with E-state index in [0.717, 1.165) is 11.1 Å². The van der Waals surface area contributed by atoms with Gasteiger partial charge in [0.15, 0.2) is 5.79 Å². The zero-order valence-electron chi connectivity index (χ0n) is 16.6. The fraction of sp³-hybridized carbons (Fsp3) is 0.391. The molecular formula is C23H24O6. The molecule has 1 heterocycles. The van der Waals surface area contributed by atoms with Crippen molar-refractivity contribution in [2.24, 2.45) is 0 Å². The molecule has 152 valence electrons. The van der Waals surface area contributed by atoms with Crippen molar-refractivity contribution in [2.45, 2.75) is 30.5 Å². The van der Waals surface area contributed by atoms with E-state index < -0.39 is 17.2 Å². The Morgan fingerprint density at radius 3 is 1.90 bits per heavy atom. The Bertz CT molecular complexity index is 879. The average molecular weight is 396 g/mol. The number of rotatable bonds is 5. The van der Waals surface area contributed by atoms with Crippen LogP contribution in [0.15, 0.2) is 48.5 Å². The molecule has 6 nitrogen and oxygen atoms in total. The highest BCUT2D eigenvalue weighted by molar-refractivity contribution is 5.81. The fourth-order valence-electron chi connectivity index (χ4n) is 4.34. The zero-order chi connectivity index (χ0) is 20.5. The van der Waals surface area contributed by atoms with E-state index in [-0.39, 0.29) is 25.2 Å². The van der Waals surface area contributed by atoms with Gasteiger partial charge < -0.3 is 18.9 Å². The van der Waals surface area contributed by atoms with Crippen molar-refractivity contribution >= 4 is 11.9 Å². The molecular weight excluding hydrogens is 372 g/mol. The lowest BCUT2D eigenvalue weighted by molar-refractivity contribution is -0.289. The summed E-state index contributed by atoms with van der Waals surface area (Å²) >= 11 is 0. The van der Waals surface area contributed by atoms with Crippen molar-refractivity contribution in [1.82, 2.24) is 0 Å². The third-order valence-corrected chi connectivity index (χ3v) is 5.92. The first-order chi connectivity index (χ1) is 14.0. The lowest BCUT2D eigenvalue weighted by Crippen LogP contribution is -2.52. The molecule has 1 fully saturated rings. The van der Waals surface area contributed by atoms with Gasteiger partial charge in [0.1, 0.15) is 0 Å². The predicted octanol–water partition coefficient (Wildman–Crippen LogP) is 3.21. The molecule has 1 spiro atoms. The number of fused-ring (bicyclic) bond motifs is 5. The number of ether oxygens (including phenoxy) is 4. The second-order valence-corrected chi connectivity index (χ2v) is 7.49. The number of carbonyl (C=O) groups excluding carboxylic acids is 2. The van der Waals surface area contributed by atoms with Crippen LogP contribution in [0.2, 0.25) is 0 Å². The van der Waals surface area contributed by atoms with Crippen LogP contribution in [0.5, 0.6) is 0 Å². The first-order valence-electron chi connectivity index (χ1n) is 9.64. The molecule has 1 aliphatic heterocycles. The molecule has 29 heavy (non-hydrogen) atoms. The second kappa shape index (κ2) is 7.61. The molecule has 2 aromatic rings. The quantitative estimate of drug-likeness (QED) is 0.723. The van der Waals surface area contributed by atoms with Crippen LogP contribution in [0.25, 0.3) is 11.1 Å². The summed E-state index contributed by atoms with van der Waals surface area (Å²) in [7, 11) is 2.66. The van der Waals surface area contributed by atoms with E-state index in [1.807, 2.05) is 24.3 Å². The molecule has 2 aliphatic rings. The average Bonchev–Trinajstić information content (AvgIpc) is 3.04. The Labute approximate surface area is 169 Å². The van der Waals surface area contributed by atoms with Gasteiger partial charge in [-0.2, -0.15) is 0 Å². The zero-order valence-corrected chi connectivity index (χ0v) is 16.6. The molecule has 0 bridgehead atoms. The summed E-state index contributed by atoms with van der Waals surface area (Å²) in [4.78, 5) is 23.7. The third-order valence-electron chi connectivity index (χ3n) is 5.92. The van der Waals surface area contributed by atoms with Crippen molar-refractivity contribution < 1.29 is 28.5 Å². The highest BCUT2D eigenvalue weighted by Crippen LogP contribution is 2.52. The molecule has 0 amide bonds. The van der Waals surface area contributed by atoms with E-state index >= 15 is 0 Å². The van der Waals surface area contributed by atoms with Crippen LogP contribution >= 0.6 is 0 Å². The highest BCUT2D eigenvalue weighted by Gasteiger charge is 2.51. The molecule has 0 saturated carbocycles. The van der Waals surface area contributed by atoms with E-state index in [2.05, 4.69) is 24.3 Å². The van der Waals surface area contributed by atoms with Gasteiger partial charge in [-0.05, 0) is 22.3 Å². The molecule has 0 radical (unpaired) electrons.